The number of fused-ring (bicyclic) bond motifs is 1. The number of nitrogens with one attached hydrogen (secondary N) is 2. The van der Waals surface area contributed by atoms with Gasteiger partial charge in [0.2, 0.25) is 0 Å². The summed E-state index contributed by atoms with van der Waals surface area (Å²) < 4.78 is 0. The molecule has 7 nitrogen and oxygen atoms in total. The molecule has 0 saturated heterocycles. The Balaban J connectivity index is 1.42. The van der Waals surface area contributed by atoms with E-state index in [9.17, 15) is 9.59 Å². The lowest BCUT2D eigenvalue weighted by molar-refractivity contribution is 0.0954. The zero-order valence-electron chi connectivity index (χ0n) is 16.1. The fraction of sp³-hybridized carbons (Fsp3) is 0.429. The molecule has 2 heterocycles. The van der Waals surface area contributed by atoms with Gasteiger partial charge in [0, 0.05) is 31.9 Å². The molecular weight excluding hydrogens is 354 g/mol. The zero-order chi connectivity index (χ0) is 19.5. The number of carbonyl (C=O) groups excluding carboxylic acids is 2. The van der Waals surface area contributed by atoms with Gasteiger partial charge in [0.1, 0.15) is 11.4 Å². The lowest BCUT2D eigenvalue weighted by Crippen LogP contribution is -2.41. The minimum Gasteiger partial charge on any atom is -0.354 e. The van der Waals surface area contributed by atoms with Gasteiger partial charge in [-0.25, -0.2) is 9.97 Å². The first-order valence-electron chi connectivity index (χ1n) is 9.85. The van der Waals surface area contributed by atoms with Crippen LogP contribution >= 0.6 is 0 Å². The second kappa shape index (κ2) is 8.06. The van der Waals surface area contributed by atoms with Crippen molar-refractivity contribution >= 4 is 17.5 Å². The highest BCUT2D eigenvalue weighted by Crippen LogP contribution is 2.28. The molecule has 0 radical (unpaired) electrons. The fourth-order valence-electron chi connectivity index (χ4n) is 3.82. The van der Waals surface area contributed by atoms with Gasteiger partial charge in [0.25, 0.3) is 11.8 Å². The van der Waals surface area contributed by atoms with Crippen molar-refractivity contribution in [2.45, 2.75) is 38.1 Å². The minimum atomic E-state index is -0.333. The van der Waals surface area contributed by atoms with Gasteiger partial charge >= 0.3 is 0 Å². The van der Waals surface area contributed by atoms with Crippen LogP contribution in [-0.4, -0.2) is 52.9 Å². The van der Waals surface area contributed by atoms with Crippen molar-refractivity contribution in [3.8, 4) is 0 Å². The highest BCUT2D eigenvalue weighted by molar-refractivity contribution is 6.03. The SMILES string of the molecule is CNC(=O)c1cnc(C(=O)Nc2ccc3c(c2)CCN(C2CCC2)CC3)cn1. The van der Waals surface area contributed by atoms with Gasteiger partial charge in [-0.2, -0.15) is 0 Å². The Morgan fingerprint density at radius 3 is 2.29 bits per heavy atom. The van der Waals surface area contributed by atoms with Crippen LogP contribution in [0, 0.1) is 0 Å². The molecule has 0 atom stereocenters. The second-order valence-electron chi connectivity index (χ2n) is 7.42. The summed E-state index contributed by atoms with van der Waals surface area (Å²) in [5.41, 5.74) is 3.80. The predicted octanol–water partition coefficient (Wildman–Crippen LogP) is 2.04. The Hall–Kier alpha value is -2.80. The van der Waals surface area contributed by atoms with Gasteiger partial charge in [0.05, 0.1) is 12.4 Å². The molecule has 2 N–H and O–H groups in total. The summed E-state index contributed by atoms with van der Waals surface area (Å²) in [7, 11) is 1.52. The molecule has 1 aromatic heterocycles. The van der Waals surface area contributed by atoms with Crippen LogP contribution in [-0.2, 0) is 12.8 Å². The van der Waals surface area contributed by atoms with Gasteiger partial charge in [-0.3, -0.25) is 14.5 Å². The van der Waals surface area contributed by atoms with Gasteiger partial charge in [-0.1, -0.05) is 12.5 Å². The fourth-order valence-corrected chi connectivity index (χ4v) is 3.82. The third-order valence-electron chi connectivity index (χ3n) is 5.74. The number of aromatic nitrogens is 2. The quantitative estimate of drug-likeness (QED) is 0.849. The molecule has 146 valence electrons. The predicted molar refractivity (Wildman–Crippen MR) is 106 cm³/mol. The van der Waals surface area contributed by atoms with E-state index in [0.717, 1.165) is 37.7 Å². The summed E-state index contributed by atoms with van der Waals surface area (Å²) in [6.45, 7) is 2.21. The van der Waals surface area contributed by atoms with Crippen LogP contribution in [0.4, 0.5) is 5.69 Å². The largest absolute Gasteiger partial charge is 0.354 e. The number of hydrogen-bond acceptors (Lipinski definition) is 5. The van der Waals surface area contributed by atoms with Gasteiger partial charge in [0.15, 0.2) is 0 Å². The molecule has 7 heteroatoms. The molecule has 4 rings (SSSR count). The molecule has 1 fully saturated rings. The number of benzene rings is 1. The van der Waals surface area contributed by atoms with E-state index in [1.165, 1.54) is 49.8 Å². The molecule has 2 amide bonds. The first kappa shape index (κ1) is 18.6. The molecule has 28 heavy (non-hydrogen) atoms. The number of carbonyl (C=O) groups is 2. The Kier molecular flexibility index (Phi) is 5.34. The average molecular weight is 379 g/mol. The Labute approximate surface area is 164 Å². The molecule has 1 aromatic carbocycles. The van der Waals surface area contributed by atoms with Crippen LogP contribution in [0.15, 0.2) is 30.6 Å². The van der Waals surface area contributed by atoms with Crippen LogP contribution in [0.5, 0.6) is 0 Å². The summed E-state index contributed by atoms with van der Waals surface area (Å²) in [5, 5.41) is 5.37. The maximum absolute atomic E-state index is 12.5. The first-order chi connectivity index (χ1) is 13.6. The second-order valence-corrected chi connectivity index (χ2v) is 7.42. The topological polar surface area (TPSA) is 87.2 Å². The summed E-state index contributed by atoms with van der Waals surface area (Å²) in [6.07, 6.45) is 8.72. The third kappa shape index (κ3) is 3.89. The average Bonchev–Trinajstić information content (AvgIpc) is 2.88. The van der Waals surface area contributed by atoms with E-state index in [1.807, 2.05) is 6.07 Å². The van der Waals surface area contributed by atoms with Crippen LogP contribution in [0.25, 0.3) is 0 Å². The highest BCUT2D eigenvalue weighted by Gasteiger charge is 2.26. The number of anilines is 1. The molecule has 2 aromatic rings. The lowest BCUT2D eigenvalue weighted by Gasteiger charge is -2.36. The maximum atomic E-state index is 12.5. The normalized spacial score (nSPS) is 17.2. The summed E-state index contributed by atoms with van der Waals surface area (Å²) in [6, 6.07) is 6.91. The van der Waals surface area contributed by atoms with E-state index in [2.05, 4.69) is 37.6 Å². The van der Waals surface area contributed by atoms with E-state index in [-0.39, 0.29) is 23.2 Å². The van der Waals surface area contributed by atoms with Crippen LogP contribution in [0.2, 0.25) is 0 Å². The van der Waals surface area contributed by atoms with E-state index in [0.29, 0.717) is 0 Å². The van der Waals surface area contributed by atoms with Crippen LogP contribution in [0.3, 0.4) is 0 Å². The molecule has 0 unspecified atom stereocenters. The number of rotatable bonds is 4. The van der Waals surface area contributed by atoms with Gasteiger partial charge in [-0.15, -0.1) is 0 Å². The molecule has 0 spiro atoms. The first-order valence-corrected chi connectivity index (χ1v) is 9.85. The lowest BCUT2D eigenvalue weighted by atomic mass is 9.91. The monoisotopic (exact) mass is 379 g/mol. The zero-order valence-corrected chi connectivity index (χ0v) is 16.1. The van der Waals surface area contributed by atoms with Crippen molar-refractivity contribution in [1.82, 2.24) is 20.2 Å². The van der Waals surface area contributed by atoms with E-state index >= 15 is 0 Å². The van der Waals surface area contributed by atoms with E-state index in [1.54, 1.807) is 0 Å². The van der Waals surface area contributed by atoms with Crippen molar-refractivity contribution in [2.24, 2.45) is 0 Å². The summed E-state index contributed by atoms with van der Waals surface area (Å²) in [5.74, 6) is -0.665. The molecule has 1 aliphatic heterocycles. The Bertz CT molecular complexity index is 877. The van der Waals surface area contributed by atoms with Crippen molar-refractivity contribution in [2.75, 3.05) is 25.5 Å². The summed E-state index contributed by atoms with van der Waals surface area (Å²) >= 11 is 0. The van der Waals surface area contributed by atoms with Crippen molar-refractivity contribution in [3.05, 3.63) is 53.1 Å². The molecule has 0 bridgehead atoms. The van der Waals surface area contributed by atoms with Crippen LogP contribution < -0.4 is 10.6 Å². The van der Waals surface area contributed by atoms with Gasteiger partial charge in [-0.05, 0) is 48.9 Å². The smallest absolute Gasteiger partial charge is 0.275 e. The Morgan fingerprint density at radius 1 is 1.00 bits per heavy atom. The van der Waals surface area contributed by atoms with E-state index in [4.69, 9.17) is 0 Å². The van der Waals surface area contributed by atoms with Crippen molar-refractivity contribution < 1.29 is 9.59 Å². The molecule has 2 aliphatic rings. The van der Waals surface area contributed by atoms with Crippen molar-refractivity contribution in [1.29, 1.82) is 0 Å². The van der Waals surface area contributed by atoms with E-state index < -0.39 is 0 Å². The number of hydrogen-bond donors (Lipinski definition) is 2. The number of nitrogens with zero attached hydrogens (tertiary/aromatic N) is 3. The third-order valence-corrected chi connectivity index (χ3v) is 5.74. The standard InChI is InChI=1S/C21H25N5O2/c1-22-20(27)18-12-24-19(13-23-18)21(28)25-16-6-5-14-7-9-26(17-3-2-4-17)10-8-15(14)11-16/h5-6,11-13,17H,2-4,7-10H2,1H3,(H,22,27)(H,25,28). The molecule has 1 saturated carbocycles. The molecule has 1 aliphatic carbocycles. The minimum absolute atomic E-state index is 0.179. The number of amides is 2. The van der Waals surface area contributed by atoms with Gasteiger partial charge < -0.3 is 10.6 Å². The maximum Gasteiger partial charge on any atom is 0.275 e. The highest BCUT2D eigenvalue weighted by atomic mass is 16.2. The van der Waals surface area contributed by atoms with Crippen LogP contribution in [0.1, 0.15) is 51.4 Å². The van der Waals surface area contributed by atoms with Crippen molar-refractivity contribution in [3.63, 3.8) is 0 Å². The Morgan fingerprint density at radius 2 is 1.68 bits per heavy atom. The molecular formula is C21H25N5O2. The summed E-state index contributed by atoms with van der Waals surface area (Å²) in [4.78, 5) is 34.6.